The third-order valence-corrected chi connectivity index (χ3v) is 4.43. The Kier molecular flexibility index (Phi) is 7.07. The van der Waals surface area contributed by atoms with Gasteiger partial charge in [0.25, 0.3) is 0 Å². The molecule has 0 bridgehead atoms. The zero-order valence-electron chi connectivity index (χ0n) is 14.3. The van der Waals surface area contributed by atoms with Gasteiger partial charge < -0.3 is 55.9 Å². The predicted octanol–water partition coefficient (Wildman–Crippen LogP) is -5.19. The van der Waals surface area contributed by atoms with Crippen molar-refractivity contribution in [2.75, 3.05) is 6.61 Å². The van der Waals surface area contributed by atoms with Crippen molar-refractivity contribution >= 4 is 11.9 Å². The fraction of sp³-hybridized carbons (Fsp3) is 0.857. The summed E-state index contributed by atoms with van der Waals surface area (Å²) in [7, 11) is 0. The van der Waals surface area contributed by atoms with Crippen molar-refractivity contribution in [1.29, 1.82) is 0 Å². The summed E-state index contributed by atoms with van der Waals surface area (Å²) in [6.07, 6.45) is -13.0. The molecule has 0 aromatic rings. The summed E-state index contributed by atoms with van der Waals surface area (Å²) in [5, 5.41) is 60.8. The number of rotatable bonds is 5. The molecule has 9 N–H and O–H groups in total. The number of hydrogen-bond donors (Lipinski definition) is 8. The van der Waals surface area contributed by atoms with Gasteiger partial charge in [0.2, 0.25) is 5.91 Å². The predicted molar refractivity (Wildman–Crippen MR) is 82.7 cm³/mol. The molecule has 27 heavy (non-hydrogen) atoms. The van der Waals surface area contributed by atoms with E-state index in [1.165, 1.54) is 0 Å². The Balaban J connectivity index is 2.28. The van der Waals surface area contributed by atoms with Gasteiger partial charge in [0.05, 0.1) is 12.6 Å². The molecule has 2 fully saturated rings. The van der Waals surface area contributed by atoms with Crippen LogP contribution in [0.1, 0.15) is 6.92 Å². The van der Waals surface area contributed by atoms with Gasteiger partial charge in [0.1, 0.15) is 36.6 Å². The maximum absolute atomic E-state index is 11.4. The third kappa shape index (κ3) is 4.53. The normalized spacial score (nSPS) is 45.3. The van der Waals surface area contributed by atoms with Gasteiger partial charge in [-0.1, -0.05) is 0 Å². The van der Waals surface area contributed by atoms with Gasteiger partial charge in [-0.25, -0.2) is 4.79 Å². The highest BCUT2D eigenvalue weighted by Gasteiger charge is 2.52. The average molecular weight is 396 g/mol. The first-order chi connectivity index (χ1) is 12.6. The second-order valence-corrected chi connectivity index (χ2v) is 6.39. The van der Waals surface area contributed by atoms with E-state index in [0.29, 0.717) is 0 Å². The van der Waals surface area contributed by atoms with Gasteiger partial charge in [-0.15, -0.1) is 0 Å². The van der Waals surface area contributed by atoms with Crippen LogP contribution in [0.5, 0.6) is 0 Å². The van der Waals surface area contributed by atoms with E-state index >= 15 is 0 Å². The number of carboxylic acids is 1. The minimum atomic E-state index is -1.84. The average Bonchev–Trinajstić information content (AvgIpc) is 2.60. The van der Waals surface area contributed by atoms with Gasteiger partial charge in [0, 0.05) is 6.92 Å². The summed E-state index contributed by atoms with van der Waals surface area (Å²) in [5.41, 5.74) is 5.56. The molecule has 0 spiro atoms. The molecule has 0 aromatic heterocycles. The molecule has 2 rings (SSSR count). The molecule has 0 radical (unpaired) electrons. The number of aliphatic carboxylic acids is 1. The Labute approximate surface area is 153 Å². The lowest BCUT2D eigenvalue weighted by molar-refractivity contribution is -0.321. The summed E-state index contributed by atoms with van der Waals surface area (Å²) in [5.74, 6) is -2.19. The number of aliphatic hydroxyl groups excluding tert-OH is 5. The largest absolute Gasteiger partial charge is 0.479 e. The molecule has 2 aliphatic rings. The number of aliphatic hydroxyl groups is 5. The van der Waals surface area contributed by atoms with E-state index in [1.54, 1.807) is 0 Å². The van der Waals surface area contributed by atoms with E-state index < -0.39 is 79.8 Å². The first kappa shape index (κ1) is 21.9. The van der Waals surface area contributed by atoms with Crippen molar-refractivity contribution < 1.29 is 54.4 Å². The van der Waals surface area contributed by atoms with Gasteiger partial charge >= 0.3 is 5.97 Å². The zero-order valence-corrected chi connectivity index (χ0v) is 14.3. The van der Waals surface area contributed by atoms with Crippen LogP contribution >= 0.6 is 0 Å². The fourth-order valence-corrected chi connectivity index (χ4v) is 2.98. The maximum Gasteiger partial charge on any atom is 0.335 e. The number of nitrogens with two attached hydrogens (primary N) is 1. The van der Waals surface area contributed by atoms with E-state index in [4.69, 9.17) is 19.9 Å². The zero-order chi connectivity index (χ0) is 20.5. The molecule has 13 nitrogen and oxygen atoms in total. The van der Waals surface area contributed by atoms with Gasteiger partial charge in [-0.3, -0.25) is 4.79 Å². The van der Waals surface area contributed by atoms with Crippen LogP contribution in [0.4, 0.5) is 0 Å². The molecule has 2 saturated heterocycles. The van der Waals surface area contributed by atoms with Crippen LogP contribution in [0.3, 0.4) is 0 Å². The summed E-state index contributed by atoms with van der Waals surface area (Å²) in [6, 6.07) is -2.76. The number of hydrogen-bond acceptors (Lipinski definition) is 11. The van der Waals surface area contributed by atoms with Crippen LogP contribution in [0, 0.1) is 0 Å². The highest BCUT2D eigenvalue weighted by atomic mass is 16.7. The van der Waals surface area contributed by atoms with Crippen molar-refractivity contribution in [2.45, 2.75) is 68.2 Å². The molecule has 0 aromatic carbocycles. The Morgan fingerprint density at radius 2 is 1.74 bits per heavy atom. The lowest BCUT2D eigenvalue weighted by atomic mass is 9.95. The number of carbonyl (C=O) groups excluding carboxylic acids is 1. The number of carboxylic acid groups (broad SMARTS) is 1. The van der Waals surface area contributed by atoms with Crippen LogP contribution in [-0.4, -0.2) is 110 Å². The smallest absolute Gasteiger partial charge is 0.335 e. The van der Waals surface area contributed by atoms with Crippen LogP contribution in [0.2, 0.25) is 0 Å². The molecule has 0 saturated carbocycles. The van der Waals surface area contributed by atoms with Crippen LogP contribution < -0.4 is 11.1 Å². The highest BCUT2D eigenvalue weighted by molar-refractivity contribution is 5.74. The molecular weight excluding hydrogens is 372 g/mol. The number of carbonyl (C=O) groups is 2. The summed E-state index contributed by atoms with van der Waals surface area (Å²) in [6.45, 7) is 0.411. The van der Waals surface area contributed by atoms with Crippen molar-refractivity contribution in [3.8, 4) is 0 Å². The quantitative estimate of drug-likeness (QED) is 0.218. The molecule has 0 aliphatic carbocycles. The van der Waals surface area contributed by atoms with Gasteiger partial charge in [-0.2, -0.15) is 0 Å². The van der Waals surface area contributed by atoms with Crippen LogP contribution in [0.15, 0.2) is 0 Å². The van der Waals surface area contributed by atoms with E-state index in [2.05, 4.69) is 5.32 Å². The van der Waals surface area contributed by atoms with Crippen molar-refractivity contribution in [1.82, 2.24) is 5.32 Å². The molecule has 156 valence electrons. The van der Waals surface area contributed by atoms with E-state index in [1.807, 2.05) is 0 Å². The second-order valence-electron chi connectivity index (χ2n) is 6.39. The number of nitrogens with one attached hydrogen (secondary N) is 1. The molecule has 2 heterocycles. The van der Waals surface area contributed by atoms with Gasteiger partial charge in [0.15, 0.2) is 18.7 Å². The third-order valence-electron chi connectivity index (χ3n) is 4.43. The highest BCUT2D eigenvalue weighted by Crippen LogP contribution is 2.28. The molecule has 2 aliphatic heterocycles. The summed E-state index contributed by atoms with van der Waals surface area (Å²) < 4.78 is 15.6. The van der Waals surface area contributed by atoms with Crippen LogP contribution in [0.25, 0.3) is 0 Å². The van der Waals surface area contributed by atoms with Gasteiger partial charge in [-0.05, 0) is 0 Å². The molecular formula is C14H24N2O11. The van der Waals surface area contributed by atoms with E-state index in [0.717, 1.165) is 6.92 Å². The standard InChI is InChI=1S/C14H24N2O11/c1-3(18)16-6-9(21)7(19)4(2-17)25-14(6)27-10-8(20)5(15)13(24)26-11(10)12(22)23/h4-11,13-14,17,19-21,24H,2,15H2,1H3,(H,16,18)(H,22,23)/t4?,5?,6?,7-,8-,9-,10+,11?,13-,14+/m1/s1. The SMILES string of the molecule is CC(=O)NC1[C@H](O[C@@H]2C(C(=O)O)O[C@@H](O)C(N)[C@H]2O)OC(CO)[C@@H](O)[C@@H]1O. The Bertz CT molecular complexity index is 549. The first-order valence-corrected chi connectivity index (χ1v) is 8.13. The molecule has 13 heteroatoms. The van der Waals surface area contributed by atoms with Crippen molar-refractivity contribution in [2.24, 2.45) is 5.73 Å². The number of ether oxygens (including phenoxy) is 3. The monoisotopic (exact) mass is 396 g/mol. The fourth-order valence-electron chi connectivity index (χ4n) is 2.98. The maximum atomic E-state index is 11.4. The van der Waals surface area contributed by atoms with E-state index in [9.17, 15) is 40.2 Å². The molecule has 10 atom stereocenters. The number of amides is 1. The Morgan fingerprint density at radius 1 is 1.11 bits per heavy atom. The van der Waals surface area contributed by atoms with E-state index in [-0.39, 0.29) is 0 Å². The summed E-state index contributed by atoms with van der Waals surface area (Å²) in [4.78, 5) is 22.8. The minimum Gasteiger partial charge on any atom is -0.479 e. The topological polar surface area (TPSA) is 221 Å². The summed E-state index contributed by atoms with van der Waals surface area (Å²) >= 11 is 0. The lowest BCUT2D eigenvalue weighted by Gasteiger charge is -2.46. The Hall–Kier alpha value is -1.42. The minimum absolute atomic E-state index is 0.617. The van der Waals surface area contributed by atoms with Crippen molar-refractivity contribution in [3.63, 3.8) is 0 Å². The Morgan fingerprint density at radius 3 is 2.26 bits per heavy atom. The second kappa shape index (κ2) is 8.72. The first-order valence-electron chi connectivity index (χ1n) is 8.13. The molecule has 1 amide bonds. The van der Waals surface area contributed by atoms with Crippen LogP contribution in [-0.2, 0) is 23.8 Å². The lowest BCUT2D eigenvalue weighted by Crippen LogP contribution is -2.68. The molecule has 4 unspecified atom stereocenters. The van der Waals surface area contributed by atoms with Crippen molar-refractivity contribution in [3.05, 3.63) is 0 Å².